The zero-order chi connectivity index (χ0) is 11.9. The Labute approximate surface area is 101 Å². The van der Waals surface area contributed by atoms with Crippen LogP contribution in [0.15, 0.2) is 0 Å². The van der Waals surface area contributed by atoms with Crippen molar-refractivity contribution < 1.29 is 5.11 Å². The zero-order valence-corrected chi connectivity index (χ0v) is 10.9. The molecule has 3 nitrogen and oxygen atoms in total. The highest BCUT2D eigenvalue weighted by molar-refractivity contribution is 6.30. The molecule has 0 aromatic carbocycles. The van der Waals surface area contributed by atoms with Crippen molar-refractivity contribution >= 4 is 11.6 Å². The van der Waals surface area contributed by atoms with Gasteiger partial charge in [0.25, 0.3) is 0 Å². The second-order valence-corrected chi connectivity index (χ2v) is 5.59. The fourth-order valence-electron chi connectivity index (χ4n) is 2.73. The van der Waals surface area contributed by atoms with Gasteiger partial charge in [0.1, 0.15) is 5.15 Å². The summed E-state index contributed by atoms with van der Waals surface area (Å²) in [4.78, 5) is 0. The van der Waals surface area contributed by atoms with Gasteiger partial charge in [-0.2, -0.15) is 5.10 Å². The van der Waals surface area contributed by atoms with E-state index in [4.69, 9.17) is 11.6 Å². The van der Waals surface area contributed by atoms with Crippen molar-refractivity contribution in [2.45, 2.75) is 45.1 Å². The number of aromatic nitrogens is 2. The number of nitrogens with zero attached hydrogens (tertiary/aromatic N) is 2. The van der Waals surface area contributed by atoms with E-state index in [2.05, 4.69) is 12.0 Å². The Bertz CT molecular complexity index is 402. The molecule has 0 radical (unpaired) electrons. The Morgan fingerprint density at radius 2 is 2.31 bits per heavy atom. The minimum Gasteiger partial charge on any atom is -0.390 e. The summed E-state index contributed by atoms with van der Waals surface area (Å²) in [5.41, 5.74) is 1.36. The number of aryl methyl sites for hydroxylation is 2. The van der Waals surface area contributed by atoms with Crippen molar-refractivity contribution in [2.24, 2.45) is 13.0 Å². The molecule has 90 valence electrons. The van der Waals surface area contributed by atoms with E-state index in [1.54, 1.807) is 4.68 Å². The Kier molecular flexibility index (Phi) is 3.01. The van der Waals surface area contributed by atoms with Gasteiger partial charge in [-0.25, -0.2) is 0 Å². The van der Waals surface area contributed by atoms with Gasteiger partial charge in [-0.05, 0) is 32.1 Å². The highest BCUT2D eigenvalue weighted by Crippen LogP contribution is 2.38. The SMILES string of the molecule is Cc1nn(C)c(Cl)c1CC1(O)CCC(C)C1. The largest absolute Gasteiger partial charge is 0.390 e. The molecule has 0 bridgehead atoms. The molecule has 0 aliphatic heterocycles. The Hall–Kier alpha value is -0.540. The average Bonchev–Trinajstić information content (AvgIpc) is 2.63. The number of hydrogen-bond donors (Lipinski definition) is 1. The number of halogens is 1. The van der Waals surface area contributed by atoms with Crippen LogP contribution in [0.2, 0.25) is 5.15 Å². The van der Waals surface area contributed by atoms with Gasteiger partial charge in [0.05, 0.1) is 11.3 Å². The third-order valence-electron chi connectivity index (χ3n) is 3.61. The first-order valence-electron chi connectivity index (χ1n) is 5.82. The molecular weight excluding hydrogens is 224 g/mol. The molecule has 2 unspecified atom stereocenters. The molecule has 2 atom stereocenters. The summed E-state index contributed by atoms with van der Waals surface area (Å²) in [6.45, 7) is 4.14. The summed E-state index contributed by atoms with van der Waals surface area (Å²) in [6.07, 6.45) is 3.49. The van der Waals surface area contributed by atoms with E-state index < -0.39 is 5.60 Å². The second-order valence-electron chi connectivity index (χ2n) is 5.23. The fraction of sp³-hybridized carbons (Fsp3) is 0.750. The summed E-state index contributed by atoms with van der Waals surface area (Å²) in [5.74, 6) is 0.612. The summed E-state index contributed by atoms with van der Waals surface area (Å²) < 4.78 is 1.67. The number of hydrogen-bond acceptors (Lipinski definition) is 2. The average molecular weight is 243 g/mol. The van der Waals surface area contributed by atoms with Gasteiger partial charge in [-0.15, -0.1) is 0 Å². The van der Waals surface area contributed by atoms with Crippen LogP contribution < -0.4 is 0 Å². The van der Waals surface area contributed by atoms with Gasteiger partial charge in [0.2, 0.25) is 0 Å². The molecule has 0 spiro atoms. The van der Waals surface area contributed by atoms with E-state index in [-0.39, 0.29) is 0 Å². The predicted octanol–water partition coefficient (Wildman–Crippen LogP) is 2.48. The van der Waals surface area contributed by atoms with Crippen LogP contribution in [0.1, 0.15) is 37.4 Å². The van der Waals surface area contributed by atoms with Crippen LogP contribution in [-0.4, -0.2) is 20.5 Å². The fourth-order valence-corrected chi connectivity index (χ4v) is 2.97. The minimum absolute atomic E-state index is 0.573. The first-order valence-corrected chi connectivity index (χ1v) is 6.19. The molecule has 0 saturated heterocycles. The molecule has 16 heavy (non-hydrogen) atoms. The lowest BCUT2D eigenvalue weighted by Gasteiger charge is -2.22. The van der Waals surface area contributed by atoms with E-state index in [1.165, 1.54) is 0 Å². The van der Waals surface area contributed by atoms with Crippen molar-refractivity contribution in [2.75, 3.05) is 0 Å². The normalized spacial score (nSPS) is 29.9. The summed E-state index contributed by atoms with van der Waals surface area (Å²) in [5, 5.41) is 15.4. The molecule has 0 amide bonds. The Balaban J connectivity index is 2.21. The maximum Gasteiger partial charge on any atom is 0.130 e. The lowest BCUT2D eigenvalue weighted by atomic mass is 9.92. The summed E-state index contributed by atoms with van der Waals surface area (Å²) in [7, 11) is 1.83. The van der Waals surface area contributed by atoms with E-state index in [9.17, 15) is 5.11 Å². The monoisotopic (exact) mass is 242 g/mol. The Morgan fingerprint density at radius 1 is 1.62 bits per heavy atom. The molecule has 1 N–H and O–H groups in total. The third-order valence-corrected chi connectivity index (χ3v) is 4.08. The lowest BCUT2D eigenvalue weighted by Crippen LogP contribution is -2.28. The van der Waals surface area contributed by atoms with Crippen LogP contribution in [-0.2, 0) is 13.5 Å². The van der Waals surface area contributed by atoms with Gasteiger partial charge in [0, 0.05) is 19.0 Å². The second kappa shape index (κ2) is 4.04. The van der Waals surface area contributed by atoms with Crippen molar-refractivity contribution in [3.8, 4) is 0 Å². The van der Waals surface area contributed by atoms with Gasteiger partial charge >= 0.3 is 0 Å². The first-order chi connectivity index (χ1) is 7.41. The van der Waals surface area contributed by atoms with E-state index >= 15 is 0 Å². The lowest BCUT2D eigenvalue weighted by molar-refractivity contribution is 0.0445. The third kappa shape index (κ3) is 2.11. The van der Waals surface area contributed by atoms with Crippen LogP contribution in [0.3, 0.4) is 0 Å². The molecule has 2 rings (SSSR count). The molecule has 1 heterocycles. The molecule has 4 heteroatoms. The standard InChI is InChI=1S/C12H19ClN2O/c1-8-4-5-12(16,6-8)7-10-9(2)14-15(3)11(10)13/h8,16H,4-7H2,1-3H3. The van der Waals surface area contributed by atoms with Crippen LogP contribution in [0, 0.1) is 12.8 Å². The molecule has 1 aliphatic rings. The molecule has 1 aliphatic carbocycles. The molecule has 1 fully saturated rings. The first kappa shape index (κ1) is 11.9. The molecule has 1 aromatic rings. The van der Waals surface area contributed by atoms with Crippen molar-refractivity contribution in [1.82, 2.24) is 9.78 Å². The van der Waals surface area contributed by atoms with E-state index in [0.29, 0.717) is 17.5 Å². The van der Waals surface area contributed by atoms with E-state index in [1.807, 2.05) is 14.0 Å². The van der Waals surface area contributed by atoms with Gasteiger partial charge in [-0.1, -0.05) is 18.5 Å². The maximum absolute atomic E-state index is 10.5. The number of rotatable bonds is 2. The van der Waals surface area contributed by atoms with Gasteiger partial charge < -0.3 is 5.11 Å². The summed E-state index contributed by atoms with van der Waals surface area (Å²) in [6, 6.07) is 0. The molecule has 1 aromatic heterocycles. The summed E-state index contributed by atoms with van der Waals surface area (Å²) >= 11 is 6.18. The maximum atomic E-state index is 10.5. The van der Waals surface area contributed by atoms with Crippen LogP contribution in [0.25, 0.3) is 0 Å². The van der Waals surface area contributed by atoms with E-state index in [0.717, 1.165) is 30.5 Å². The topological polar surface area (TPSA) is 38.0 Å². The van der Waals surface area contributed by atoms with Crippen molar-refractivity contribution in [3.63, 3.8) is 0 Å². The molecule has 1 saturated carbocycles. The van der Waals surface area contributed by atoms with Gasteiger partial charge in [0.15, 0.2) is 0 Å². The van der Waals surface area contributed by atoms with Crippen LogP contribution in [0.5, 0.6) is 0 Å². The van der Waals surface area contributed by atoms with Crippen LogP contribution >= 0.6 is 11.6 Å². The Morgan fingerprint density at radius 3 is 2.75 bits per heavy atom. The quantitative estimate of drug-likeness (QED) is 0.865. The van der Waals surface area contributed by atoms with Gasteiger partial charge in [-0.3, -0.25) is 4.68 Å². The van der Waals surface area contributed by atoms with Crippen LogP contribution in [0.4, 0.5) is 0 Å². The zero-order valence-electron chi connectivity index (χ0n) is 10.1. The molecular formula is C12H19ClN2O. The van der Waals surface area contributed by atoms with Crippen molar-refractivity contribution in [3.05, 3.63) is 16.4 Å². The highest BCUT2D eigenvalue weighted by atomic mass is 35.5. The smallest absolute Gasteiger partial charge is 0.130 e. The van der Waals surface area contributed by atoms with Crippen molar-refractivity contribution in [1.29, 1.82) is 0 Å². The minimum atomic E-state index is -0.573. The highest BCUT2D eigenvalue weighted by Gasteiger charge is 2.36. The predicted molar refractivity (Wildman–Crippen MR) is 64.6 cm³/mol. The number of aliphatic hydroxyl groups is 1.